The van der Waals surface area contributed by atoms with Crippen LogP contribution in [0.1, 0.15) is 51.6 Å². The van der Waals surface area contributed by atoms with E-state index in [0.29, 0.717) is 17.5 Å². The molecule has 1 aromatic carbocycles. The van der Waals surface area contributed by atoms with E-state index in [2.05, 4.69) is 36.8 Å². The van der Waals surface area contributed by atoms with Crippen LogP contribution in [0.3, 0.4) is 0 Å². The number of hydrogen-bond acceptors (Lipinski definition) is 5. The third kappa shape index (κ3) is 2.95. The Bertz CT molecular complexity index is 825. The summed E-state index contributed by atoms with van der Waals surface area (Å²) in [5, 5.41) is 10.6. The molecule has 4 rings (SSSR count). The topological polar surface area (TPSA) is 54.4 Å². The molecule has 0 spiro atoms. The summed E-state index contributed by atoms with van der Waals surface area (Å²) < 4.78 is 14.5. The number of hydrogen-bond donors (Lipinski definition) is 2. The minimum absolute atomic E-state index is 0.199. The van der Waals surface area contributed by atoms with Crippen LogP contribution < -0.4 is 16.0 Å². The van der Waals surface area contributed by atoms with Gasteiger partial charge in [-0.2, -0.15) is 15.0 Å². The number of nitrogens with zero attached hydrogens (tertiary/aromatic N) is 3. The number of para-hydroxylation sites is 1. The molecule has 0 saturated heterocycles. The molecule has 1 fully saturated rings. The smallest absolute Gasteiger partial charge is 0.151 e. The van der Waals surface area contributed by atoms with Crippen molar-refractivity contribution in [3.63, 3.8) is 0 Å². The normalized spacial score (nSPS) is 22.7. The Labute approximate surface area is 152 Å². The van der Waals surface area contributed by atoms with Gasteiger partial charge >= 0.3 is 0 Å². The quantitative estimate of drug-likeness (QED) is 0.829. The van der Waals surface area contributed by atoms with Crippen LogP contribution in [0.25, 0.3) is 10.9 Å². The summed E-state index contributed by atoms with van der Waals surface area (Å²) in [5.74, 6) is 1.17. The second-order valence-electron chi connectivity index (χ2n) is 7.45. The number of rotatable bonds is 6. The minimum Gasteiger partial charge on any atom is -0.390 e. The Morgan fingerprint density at radius 1 is 1.38 bits per heavy atom. The van der Waals surface area contributed by atoms with Gasteiger partial charge in [-0.3, -0.25) is 0 Å². The van der Waals surface area contributed by atoms with Gasteiger partial charge in [0.25, 0.3) is 0 Å². The molecule has 0 radical (unpaired) electrons. The van der Waals surface area contributed by atoms with Crippen molar-refractivity contribution in [2.24, 2.45) is 5.92 Å². The van der Waals surface area contributed by atoms with Crippen LogP contribution in [0.5, 0.6) is 0 Å². The second-order valence-corrected chi connectivity index (χ2v) is 7.45. The Morgan fingerprint density at radius 2 is 2.19 bits per heavy atom. The third-order valence-electron chi connectivity index (χ3n) is 5.15. The van der Waals surface area contributed by atoms with Crippen molar-refractivity contribution in [2.45, 2.75) is 52.0 Å². The molecular formula is C19H26FN5O. The monoisotopic (exact) mass is 359 g/mol. The Balaban J connectivity index is 1.57. The lowest BCUT2D eigenvalue weighted by Gasteiger charge is -2.35. The molecule has 7 heteroatoms. The fourth-order valence-corrected chi connectivity index (χ4v) is 3.63. The molecule has 1 saturated carbocycles. The largest absolute Gasteiger partial charge is 0.390 e. The van der Waals surface area contributed by atoms with Crippen LogP contribution in [0.4, 0.5) is 4.39 Å². The summed E-state index contributed by atoms with van der Waals surface area (Å²) in [4.78, 5) is 7.22. The van der Waals surface area contributed by atoms with Crippen LogP contribution in [0.15, 0.2) is 30.2 Å². The van der Waals surface area contributed by atoms with Gasteiger partial charge < -0.3 is 10.2 Å². The molecule has 0 unspecified atom stereocenters. The van der Waals surface area contributed by atoms with E-state index >= 15 is 0 Å². The van der Waals surface area contributed by atoms with Crippen LogP contribution in [-0.4, -0.2) is 22.5 Å². The zero-order chi connectivity index (χ0) is 18.3. The highest BCUT2D eigenvalue weighted by atomic mass is 19.1. The van der Waals surface area contributed by atoms with Crippen molar-refractivity contribution in [3.8, 4) is 0 Å². The standard InChI is InChI=1S/C19H26FN5O/c1-4-8-21-14-9-13(10-14)17-11-24(23-26-17)25-19-15(6-5-7-16(19)20)18(22-25)12(2)3/h5-7,11-14,21,23H,4,8-10H2,1-3H3. The molecule has 2 aromatic rings. The lowest BCUT2D eigenvalue weighted by atomic mass is 9.79. The van der Waals surface area contributed by atoms with Crippen molar-refractivity contribution in [2.75, 3.05) is 11.7 Å². The summed E-state index contributed by atoms with van der Waals surface area (Å²) in [6.07, 6.45) is 5.15. The molecule has 0 atom stereocenters. The Hall–Kier alpha value is -2.12. The van der Waals surface area contributed by atoms with Gasteiger partial charge in [-0.25, -0.2) is 4.39 Å². The predicted octanol–water partition coefficient (Wildman–Crippen LogP) is 3.31. The summed E-state index contributed by atoms with van der Waals surface area (Å²) in [5.41, 5.74) is 4.19. The third-order valence-corrected chi connectivity index (χ3v) is 5.15. The van der Waals surface area contributed by atoms with Gasteiger partial charge in [-0.15, -0.1) is 0 Å². The average molecular weight is 359 g/mol. The Kier molecular flexibility index (Phi) is 4.58. The summed E-state index contributed by atoms with van der Waals surface area (Å²) in [7, 11) is 0. The lowest BCUT2D eigenvalue weighted by Crippen LogP contribution is -2.42. The van der Waals surface area contributed by atoms with Crippen molar-refractivity contribution < 1.29 is 9.23 Å². The van der Waals surface area contributed by atoms with Crippen LogP contribution in [0, 0.1) is 11.7 Å². The number of aromatic nitrogens is 2. The van der Waals surface area contributed by atoms with E-state index in [0.717, 1.165) is 42.6 Å². The molecule has 2 heterocycles. The first kappa shape index (κ1) is 17.3. The fourth-order valence-electron chi connectivity index (χ4n) is 3.63. The molecule has 1 aliphatic carbocycles. The maximum atomic E-state index is 14.5. The van der Waals surface area contributed by atoms with Gasteiger partial charge in [0.05, 0.1) is 11.9 Å². The zero-order valence-electron chi connectivity index (χ0n) is 15.5. The van der Waals surface area contributed by atoms with E-state index in [-0.39, 0.29) is 11.7 Å². The number of allylic oxidation sites excluding steroid dienone is 1. The van der Waals surface area contributed by atoms with Gasteiger partial charge in [0.15, 0.2) is 5.82 Å². The minimum atomic E-state index is -0.293. The van der Waals surface area contributed by atoms with Crippen molar-refractivity contribution in [1.82, 2.24) is 20.8 Å². The highest BCUT2D eigenvalue weighted by molar-refractivity contribution is 5.83. The zero-order valence-corrected chi connectivity index (χ0v) is 15.5. The molecule has 6 nitrogen and oxygen atoms in total. The first-order valence-corrected chi connectivity index (χ1v) is 9.42. The molecule has 1 aliphatic heterocycles. The van der Waals surface area contributed by atoms with Gasteiger partial charge in [0.2, 0.25) is 0 Å². The van der Waals surface area contributed by atoms with Crippen LogP contribution in [-0.2, 0) is 4.84 Å². The number of benzene rings is 1. The van der Waals surface area contributed by atoms with E-state index in [4.69, 9.17) is 4.84 Å². The second kappa shape index (κ2) is 6.89. The average Bonchev–Trinajstić information content (AvgIpc) is 3.18. The highest BCUT2D eigenvalue weighted by Gasteiger charge is 2.36. The molecule has 0 bridgehead atoms. The number of fused-ring (bicyclic) bond motifs is 1. The van der Waals surface area contributed by atoms with Crippen LogP contribution in [0.2, 0.25) is 0 Å². The van der Waals surface area contributed by atoms with E-state index in [1.54, 1.807) is 16.0 Å². The van der Waals surface area contributed by atoms with E-state index in [1.165, 1.54) is 6.07 Å². The van der Waals surface area contributed by atoms with E-state index < -0.39 is 0 Å². The van der Waals surface area contributed by atoms with Crippen molar-refractivity contribution >= 4 is 10.9 Å². The predicted molar refractivity (Wildman–Crippen MR) is 99.1 cm³/mol. The molecule has 1 aromatic heterocycles. The number of halogens is 1. The molecule has 140 valence electrons. The van der Waals surface area contributed by atoms with Crippen LogP contribution >= 0.6 is 0 Å². The molecule has 2 N–H and O–H groups in total. The lowest BCUT2D eigenvalue weighted by molar-refractivity contribution is 0.0670. The van der Waals surface area contributed by atoms with Gasteiger partial charge in [0.1, 0.15) is 11.3 Å². The number of hydrazine groups is 1. The van der Waals surface area contributed by atoms with E-state index in [1.807, 2.05) is 12.3 Å². The fraction of sp³-hybridized carbons (Fsp3) is 0.526. The molecule has 26 heavy (non-hydrogen) atoms. The van der Waals surface area contributed by atoms with Gasteiger partial charge in [0, 0.05) is 17.3 Å². The maximum absolute atomic E-state index is 14.5. The number of nitrogens with one attached hydrogen (secondary N) is 2. The summed E-state index contributed by atoms with van der Waals surface area (Å²) >= 11 is 0. The highest BCUT2D eigenvalue weighted by Crippen LogP contribution is 2.36. The van der Waals surface area contributed by atoms with Gasteiger partial charge in [-0.05, 0) is 43.4 Å². The summed E-state index contributed by atoms with van der Waals surface area (Å²) in [6, 6.07) is 5.66. The van der Waals surface area contributed by atoms with E-state index in [9.17, 15) is 4.39 Å². The van der Waals surface area contributed by atoms with Crippen molar-refractivity contribution in [1.29, 1.82) is 0 Å². The first-order valence-electron chi connectivity index (χ1n) is 9.42. The molecular weight excluding hydrogens is 333 g/mol. The van der Waals surface area contributed by atoms with Gasteiger partial charge in [-0.1, -0.05) is 32.9 Å². The molecule has 2 aliphatic rings. The Morgan fingerprint density at radius 3 is 2.92 bits per heavy atom. The molecule has 0 amide bonds. The van der Waals surface area contributed by atoms with Crippen molar-refractivity contribution in [3.05, 3.63) is 41.7 Å². The SMILES string of the molecule is CCCNC1CC(C2=CN(n3nc(C(C)C)c4cccc(F)c43)NO2)C1. The summed E-state index contributed by atoms with van der Waals surface area (Å²) in [6.45, 7) is 7.35. The first-order chi connectivity index (χ1) is 12.6. The maximum Gasteiger partial charge on any atom is 0.151 e.